The molecule has 0 spiro atoms. The van der Waals surface area contributed by atoms with Crippen LogP contribution in [-0.2, 0) is 0 Å². The third-order valence-electron chi connectivity index (χ3n) is 4.10. The second kappa shape index (κ2) is 7.10. The Bertz CT molecular complexity index is 868. The molecule has 0 saturated heterocycles. The average Bonchev–Trinajstić information content (AvgIpc) is 3.13. The van der Waals surface area contributed by atoms with Gasteiger partial charge in [0, 0.05) is 11.1 Å². The van der Waals surface area contributed by atoms with Gasteiger partial charge >= 0.3 is 0 Å². The summed E-state index contributed by atoms with van der Waals surface area (Å²) in [5.74, 6) is 0. The zero-order valence-corrected chi connectivity index (χ0v) is 13.8. The molecular formula is C23H18N2. The number of hydrogen-bond donors (Lipinski definition) is 0. The van der Waals surface area contributed by atoms with E-state index in [4.69, 9.17) is 9.98 Å². The highest BCUT2D eigenvalue weighted by Crippen LogP contribution is 2.19. The Morgan fingerprint density at radius 3 is 1.48 bits per heavy atom. The van der Waals surface area contributed by atoms with E-state index in [-0.39, 0.29) is 6.17 Å². The Labute approximate surface area is 147 Å². The number of aliphatic imine (C=N–C) groups is 2. The molecule has 0 unspecified atom stereocenters. The Balaban J connectivity index is 1.70. The van der Waals surface area contributed by atoms with E-state index >= 15 is 0 Å². The molecule has 2 heteroatoms. The zero-order valence-electron chi connectivity index (χ0n) is 13.8. The van der Waals surface area contributed by atoms with Gasteiger partial charge in [0.15, 0.2) is 6.17 Å². The van der Waals surface area contributed by atoms with Crippen molar-refractivity contribution in [3.8, 4) is 0 Å². The van der Waals surface area contributed by atoms with E-state index in [2.05, 4.69) is 42.5 Å². The third-order valence-corrected chi connectivity index (χ3v) is 4.10. The molecule has 0 amide bonds. The number of nitrogens with zero attached hydrogens (tertiary/aromatic N) is 2. The van der Waals surface area contributed by atoms with E-state index in [0.29, 0.717) is 0 Å². The van der Waals surface area contributed by atoms with Crippen LogP contribution in [0.5, 0.6) is 0 Å². The first-order valence-electron chi connectivity index (χ1n) is 8.40. The molecule has 0 aliphatic carbocycles. The summed E-state index contributed by atoms with van der Waals surface area (Å²) >= 11 is 0. The van der Waals surface area contributed by atoms with Crippen molar-refractivity contribution < 1.29 is 0 Å². The van der Waals surface area contributed by atoms with Crippen molar-refractivity contribution in [2.24, 2.45) is 9.98 Å². The van der Waals surface area contributed by atoms with Crippen LogP contribution in [0, 0.1) is 0 Å². The summed E-state index contributed by atoms with van der Waals surface area (Å²) in [6, 6.07) is 30.8. The predicted molar refractivity (Wildman–Crippen MR) is 105 cm³/mol. The van der Waals surface area contributed by atoms with Gasteiger partial charge in [-0.2, -0.15) is 0 Å². The lowest BCUT2D eigenvalue weighted by Crippen LogP contribution is -2.13. The standard InChI is InChI=1S/C23H18N2/c1-4-10-18(11-5-1)16-17-21-24-22(19-12-6-2-7-13-19)23(25-21)20-14-8-3-9-15-20/h1-17,21H/b17-16-. The molecule has 0 saturated carbocycles. The molecule has 0 bridgehead atoms. The largest absolute Gasteiger partial charge is 0.252 e. The van der Waals surface area contributed by atoms with E-state index in [1.165, 1.54) is 0 Å². The van der Waals surface area contributed by atoms with Crippen LogP contribution < -0.4 is 0 Å². The van der Waals surface area contributed by atoms with Crippen molar-refractivity contribution in [3.05, 3.63) is 114 Å². The van der Waals surface area contributed by atoms with Crippen molar-refractivity contribution in [1.82, 2.24) is 0 Å². The Kier molecular flexibility index (Phi) is 4.34. The Morgan fingerprint density at radius 2 is 1.00 bits per heavy atom. The van der Waals surface area contributed by atoms with Gasteiger partial charge in [0.2, 0.25) is 0 Å². The SMILES string of the molecule is C(=C/C1N=C(c2ccccc2)C(c2ccccc2)=N1)/c1ccccc1. The van der Waals surface area contributed by atoms with Crippen LogP contribution >= 0.6 is 0 Å². The first-order valence-corrected chi connectivity index (χ1v) is 8.40. The van der Waals surface area contributed by atoms with Crippen molar-refractivity contribution in [3.63, 3.8) is 0 Å². The molecule has 1 heterocycles. The van der Waals surface area contributed by atoms with Crippen LogP contribution in [0.25, 0.3) is 6.08 Å². The lowest BCUT2D eigenvalue weighted by Gasteiger charge is -2.05. The molecule has 0 fully saturated rings. The van der Waals surface area contributed by atoms with Gasteiger partial charge in [0.25, 0.3) is 0 Å². The van der Waals surface area contributed by atoms with Crippen molar-refractivity contribution in [2.45, 2.75) is 6.17 Å². The minimum atomic E-state index is -0.189. The quantitative estimate of drug-likeness (QED) is 0.644. The van der Waals surface area contributed by atoms with Crippen molar-refractivity contribution in [1.29, 1.82) is 0 Å². The summed E-state index contributed by atoms with van der Waals surface area (Å²) in [4.78, 5) is 9.71. The van der Waals surface area contributed by atoms with Crippen molar-refractivity contribution in [2.75, 3.05) is 0 Å². The Hall–Kier alpha value is -3.26. The van der Waals surface area contributed by atoms with Gasteiger partial charge in [-0.3, -0.25) is 9.98 Å². The summed E-state index contributed by atoms with van der Waals surface area (Å²) in [6.07, 6.45) is 3.94. The van der Waals surface area contributed by atoms with Gasteiger partial charge in [-0.1, -0.05) is 97.1 Å². The van der Waals surface area contributed by atoms with Crippen molar-refractivity contribution >= 4 is 17.5 Å². The highest BCUT2D eigenvalue weighted by molar-refractivity contribution is 6.54. The zero-order chi connectivity index (χ0) is 16.9. The van der Waals surface area contributed by atoms with E-state index in [0.717, 1.165) is 28.1 Å². The minimum absolute atomic E-state index is 0.189. The van der Waals surface area contributed by atoms with Gasteiger partial charge in [0.1, 0.15) is 0 Å². The first kappa shape index (κ1) is 15.3. The monoisotopic (exact) mass is 322 g/mol. The predicted octanol–water partition coefficient (Wildman–Crippen LogP) is 5.02. The van der Waals surface area contributed by atoms with Crippen LogP contribution in [0.1, 0.15) is 16.7 Å². The average molecular weight is 322 g/mol. The highest BCUT2D eigenvalue weighted by Gasteiger charge is 2.21. The first-order chi connectivity index (χ1) is 12.4. The number of hydrogen-bond acceptors (Lipinski definition) is 2. The van der Waals surface area contributed by atoms with Crippen LogP contribution in [0.15, 0.2) is 107 Å². The minimum Gasteiger partial charge on any atom is -0.252 e. The summed E-state index contributed by atoms with van der Waals surface area (Å²) < 4.78 is 0. The second-order valence-electron chi connectivity index (χ2n) is 5.87. The van der Waals surface area contributed by atoms with Gasteiger partial charge in [-0.15, -0.1) is 0 Å². The summed E-state index contributed by atoms with van der Waals surface area (Å²) in [5.41, 5.74) is 5.26. The second-order valence-corrected chi connectivity index (χ2v) is 5.87. The fraction of sp³-hybridized carbons (Fsp3) is 0.0435. The molecule has 2 nitrogen and oxygen atoms in total. The topological polar surface area (TPSA) is 24.7 Å². The van der Waals surface area contributed by atoms with Crippen LogP contribution in [0.2, 0.25) is 0 Å². The molecule has 0 N–H and O–H groups in total. The van der Waals surface area contributed by atoms with Gasteiger partial charge < -0.3 is 0 Å². The summed E-state index contributed by atoms with van der Waals surface area (Å²) in [6.45, 7) is 0. The van der Waals surface area contributed by atoms with Gasteiger partial charge in [-0.25, -0.2) is 0 Å². The molecule has 1 aliphatic rings. The lowest BCUT2D eigenvalue weighted by molar-refractivity contribution is 0.906. The summed E-state index contributed by atoms with van der Waals surface area (Å²) in [5, 5.41) is 0. The maximum Gasteiger partial charge on any atom is 0.160 e. The molecule has 1 aliphatic heterocycles. The summed E-state index contributed by atoms with van der Waals surface area (Å²) in [7, 11) is 0. The van der Waals surface area contributed by atoms with Crippen LogP contribution in [-0.4, -0.2) is 17.6 Å². The normalized spacial score (nSPS) is 14.6. The van der Waals surface area contributed by atoms with Crippen LogP contribution in [0.4, 0.5) is 0 Å². The fourth-order valence-electron chi connectivity index (χ4n) is 2.88. The molecule has 3 aromatic carbocycles. The Morgan fingerprint density at radius 1 is 0.560 bits per heavy atom. The highest BCUT2D eigenvalue weighted by atomic mass is 15.1. The van der Waals surface area contributed by atoms with Gasteiger partial charge in [0.05, 0.1) is 11.4 Å². The number of rotatable bonds is 4. The van der Waals surface area contributed by atoms with E-state index in [1.807, 2.05) is 60.7 Å². The fourth-order valence-corrected chi connectivity index (χ4v) is 2.88. The number of benzene rings is 3. The van der Waals surface area contributed by atoms with E-state index in [9.17, 15) is 0 Å². The molecule has 0 aromatic heterocycles. The molecule has 120 valence electrons. The molecule has 0 atom stereocenters. The maximum absolute atomic E-state index is 4.86. The molecule has 0 radical (unpaired) electrons. The lowest BCUT2D eigenvalue weighted by atomic mass is 10.0. The van der Waals surface area contributed by atoms with Gasteiger partial charge in [-0.05, 0) is 11.6 Å². The smallest absolute Gasteiger partial charge is 0.160 e. The van der Waals surface area contributed by atoms with E-state index < -0.39 is 0 Å². The van der Waals surface area contributed by atoms with Crippen LogP contribution in [0.3, 0.4) is 0 Å². The third kappa shape index (κ3) is 3.48. The molecular weight excluding hydrogens is 304 g/mol. The molecule has 4 rings (SSSR count). The van der Waals surface area contributed by atoms with E-state index in [1.54, 1.807) is 0 Å². The maximum atomic E-state index is 4.86. The molecule has 3 aromatic rings. The molecule has 25 heavy (non-hydrogen) atoms.